The van der Waals surface area contributed by atoms with Gasteiger partial charge in [0.15, 0.2) is 0 Å². The van der Waals surface area contributed by atoms with Crippen LogP contribution in [0.2, 0.25) is 0 Å². The van der Waals surface area contributed by atoms with Crippen LogP contribution < -0.4 is 10.5 Å². The van der Waals surface area contributed by atoms with E-state index in [0.717, 1.165) is 0 Å². The van der Waals surface area contributed by atoms with E-state index in [1.807, 2.05) is 25.1 Å². The van der Waals surface area contributed by atoms with Crippen LogP contribution in [-0.2, 0) is 0 Å². The van der Waals surface area contributed by atoms with Gasteiger partial charge in [0.2, 0.25) is 5.95 Å². The van der Waals surface area contributed by atoms with Crippen LogP contribution in [-0.4, -0.2) is 16.2 Å². The number of aromatic nitrogens is 2. The van der Waals surface area contributed by atoms with Crippen molar-refractivity contribution >= 4 is 32.9 Å². The third-order valence-corrected chi connectivity index (χ3v) is 3.62. The lowest BCUT2D eigenvalue weighted by molar-refractivity contribution is 0.344. The van der Waals surface area contributed by atoms with Crippen LogP contribution in [0, 0.1) is 5.82 Å². The summed E-state index contributed by atoms with van der Waals surface area (Å²) in [5.74, 6) is 0.480. The molecule has 21 heavy (non-hydrogen) atoms. The Bertz CT molecular complexity index is 816. The molecular weight excluding hydrogens is 337 g/mol. The fourth-order valence-electron chi connectivity index (χ4n) is 2.28. The van der Waals surface area contributed by atoms with E-state index in [2.05, 4.69) is 20.9 Å². The topological polar surface area (TPSA) is 53.1 Å². The molecule has 3 aromatic rings. The Morgan fingerprint density at radius 1 is 1.33 bits per heavy atom. The predicted molar refractivity (Wildman–Crippen MR) is 84.3 cm³/mol. The molecule has 1 heterocycles. The number of anilines is 1. The maximum Gasteiger partial charge on any atom is 0.206 e. The average Bonchev–Trinajstić information content (AvgIpc) is 2.77. The number of nitrogens with two attached hydrogens (primary N) is 1. The summed E-state index contributed by atoms with van der Waals surface area (Å²) in [5, 5.41) is 0. The summed E-state index contributed by atoms with van der Waals surface area (Å²) in [6, 6.07) is 10.3. The molecule has 0 aliphatic carbocycles. The molecule has 4 nitrogen and oxygen atoms in total. The van der Waals surface area contributed by atoms with Gasteiger partial charge in [-0.15, -0.1) is 0 Å². The number of halogens is 2. The molecule has 0 unspecified atom stereocenters. The molecule has 0 fully saturated rings. The number of fused-ring (bicyclic) bond motifs is 1. The van der Waals surface area contributed by atoms with Crippen LogP contribution >= 0.6 is 15.9 Å². The molecule has 0 saturated heterocycles. The number of rotatable bonds is 3. The minimum atomic E-state index is -0.378. The quantitative estimate of drug-likeness (QED) is 0.779. The number of benzene rings is 2. The number of hydrogen-bond acceptors (Lipinski definition) is 3. The Kier molecular flexibility index (Phi) is 3.55. The second kappa shape index (κ2) is 5.37. The van der Waals surface area contributed by atoms with Crippen molar-refractivity contribution in [3.63, 3.8) is 0 Å². The molecule has 3 rings (SSSR count). The summed E-state index contributed by atoms with van der Waals surface area (Å²) in [6.07, 6.45) is 0. The zero-order valence-corrected chi connectivity index (χ0v) is 12.9. The highest BCUT2D eigenvalue weighted by molar-refractivity contribution is 9.10. The van der Waals surface area contributed by atoms with E-state index >= 15 is 0 Å². The van der Waals surface area contributed by atoms with Gasteiger partial charge in [0.1, 0.15) is 17.1 Å². The Labute approximate surface area is 129 Å². The highest BCUT2D eigenvalue weighted by atomic mass is 79.9. The molecule has 0 saturated carbocycles. The molecule has 0 spiro atoms. The van der Waals surface area contributed by atoms with Crippen LogP contribution in [0.3, 0.4) is 0 Å². The average molecular weight is 350 g/mol. The maximum atomic E-state index is 14.2. The number of hydrogen-bond donors (Lipinski definition) is 1. The van der Waals surface area contributed by atoms with E-state index in [1.165, 1.54) is 6.07 Å². The molecule has 0 radical (unpaired) electrons. The second-order valence-electron chi connectivity index (χ2n) is 4.46. The number of nitrogens with zero attached hydrogens (tertiary/aromatic N) is 2. The normalized spacial score (nSPS) is 11.0. The Morgan fingerprint density at radius 3 is 2.86 bits per heavy atom. The number of ether oxygens (including phenoxy) is 1. The van der Waals surface area contributed by atoms with Gasteiger partial charge in [-0.05, 0) is 37.3 Å². The molecule has 0 atom stereocenters. The van der Waals surface area contributed by atoms with Crippen LogP contribution in [0.25, 0.3) is 16.7 Å². The number of imidazole rings is 1. The van der Waals surface area contributed by atoms with Gasteiger partial charge in [0, 0.05) is 4.47 Å². The fraction of sp³-hybridized carbons (Fsp3) is 0.133. The van der Waals surface area contributed by atoms with Gasteiger partial charge in [0.25, 0.3) is 0 Å². The smallest absolute Gasteiger partial charge is 0.206 e. The van der Waals surface area contributed by atoms with Crippen molar-refractivity contribution in [1.29, 1.82) is 0 Å². The highest BCUT2D eigenvalue weighted by Crippen LogP contribution is 2.31. The van der Waals surface area contributed by atoms with E-state index in [1.54, 1.807) is 16.7 Å². The largest absolute Gasteiger partial charge is 0.492 e. The molecule has 108 valence electrons. The van der Waals surface area contributed by atoms with Gasteiger partial charge >= 0.3 is 0 Å². The predicted octanol–water partition coefficient (Wildman–Crippen LogP) is 3.91. The lowest BCUT2D eigenvalue weighted by Crippen LogP contribution is -2.02. The lowest BCUT2D eigenvalue weighted by Gasteiger charge is -2.08. The first-order valence-corrected chi connectivity index (χ1v) is 7.26. The van der Waals surface area contributed by atoms with Crippen molar-refractivity contribution < 1.29 is 9.13 Å². The molecular formula is C15H13BrFN3O. The molecule has 0 bridgehead atoms. The van der Waals surface area contributed by atoms with Crippen molar-refractivity contribution in [2.45, 2.75) is 6.92 Å². The monoisotopic (exact) mass is 349 g/mol. The summed E-state index contributed by atoms with van der Waals surface area (Å²) in [5.41, 5.74) is 7.66. The molecule has 0 aliphatic rings. The Balaban J connectivity index is 2.28. The molecule has 2 aromatic carbocycles. The van der Waals surface area contributed by atoms with Crippen molar-refractivity contribution in [3.05, 3.63) is 46.7 Å². The molecule has 2 N–H and O–H groups in total. The van der Waals surface area contributed by atoms with Crippen molar-refractivity contribution in [1.82, 2.24) is 9.55 Å². The van der Waals surface area contributed by atoms with Gasteiger partial charge in [0.05, 0.1) is 17.8 Å². The van der Waals surface area contributed by atoms with Crippen molar-refractivity contribution in [3.8, 4) is 11.4 Å². The van der Waals surface area contributed by atoms with Crippen molar-refractivity contribution in [2.75, 3.05) is 12.3 Å². The van der Waals surface area contributed by atoms with E-state index < -0.39 is 0 Å². The Morgan fingerprint density at radius 2 is 2.14 bits per heavy atom. The first kappa shape index (κ1) is 13.9. The summed E-state index contributed by atoms with van der Waals surface area (Å²) in [7, 11) is 0. The number of para-hydroxylation sites is 1. The van der Waals surface area contributed by atoms with Crippen LogP contribution in [0.15, 0.2) is 40.9 Å². The maximum absolute atomic E-state index is 14.2. The third kappa shape index (κ3) is 2.35. The van der Waals surface area contributed by atoms with E-state index in [9.17, 15) is 4.39 Å². The summed E-state index contributed by atoms with van der Waals surface area (Å²) in [6.45, 7) is 2.42. The standard InChI is InChI=1S/C15H13BrFN3O/c1-2-21-13-5-3-4-12-14(13)19-15(18)20(12)11-7-6-9(16)8-10(11)17/h3-8H,2H2,1H3,(H2,18,19). The summed E-state index contributed by atoms with van der Waals surface area (Å²) < 4.78 is 22.0. The van der Waals surface area contributed by atoms with Crippen LogP contribution in [0.1, 0.15) is 6.92 Å². The van der Waals surface area contributed by atoms with Gasteiger partial charge in [-0.2, -0.15) is 0 Å². The minimum absolute atomic E-state index is 0.221. The molecule has 6 heteroatoms. The summed E-state index contributed by atoms with van der Waals surface area (Å²) in [4.78, 5) is 4.31. The zero-order valence-electron chi connectivity index (χ0n) is 11.3. The fourth-order valence-corrected chi connectivity index (χ4v) is 2.61. The van der Waals surface area contributed by atoms with E-state index in [0.29, 0.717) is 33.5 Å². The van der Waals surface area contributed by atoms with Gasteiger partial charge in [-0.3, -0.25) is 4.57 Å². The van der Waals surface area contributed by atoms with Crippen molar-refractivity contribution in [2.24, 2.45) is 0 Å². The van der Waals surface area contributed by atoms with Gasteiger partial charge in [-0.1, -0.05) is 22.0 Å². The van der Waals surface area contributed by atoms with Gasteiger partial charge < -0.3 is 10.5 Å². The highest BCUT2D eigenvalue weighted by Gasteiger charge is 2.16. The molecule has 0 aliphatic heterocycles. The van der Waals surface area contributed by atoms with Crippen LogP contribution in [0.4, 0.5) is 10.3 Å². The Hall–Kier alpha value is -2.08. The zero-order chi connectivity index (χ0) is 15.0. The molecule has 1 aromatic heterocycles. The first-order valence-electron chi connectivity index (χ1n) is 6.47. The molecule has 0 amide bonds. The lowest BCUT2D eigenvalue weighted by atomic mass is 10.2. The van der Waals surface area contributed by atoms with E-state index in [4.69, 9.17) is 10.5 Å². The van der Waals surface area contributed by atoms with Gasteiger partial charge in [-0.25, -0.2) is 9.37 Å². The summed E-state index contributed by atoms with van der Waals surface area (Å²) >= 11 is 3.24. The SMILES string of the molecule is CCOc1cccc2c1nc(N)n2-c1ccc(Br)cc1F. The number of nitrogen functional groups attached to an aromatic ring is 1. The second-order valence-corrected chi connectivity index (χ2v) is 5.37. The van der Waals surface area contributed by atoms with E-state index in [-0.39, 0.29) is 11.8 Å². The first-order chi connectivity index (χ1) is 10.1. The third-order valence-electron chi connectivity index (χ3n) is 3.12. The van der Waals surface area contributed by atoms with Crippen LogP contribution in [0.5, 0.6) is 5.75 Å². The minimum Gasteiger partial charge on any atom is -0.492 e.